The van der Waals surface area contributed by atoms with Crippen LogP contribution in [0.2, 0.25) is 0 Å². The van der Waals surface area contributed by atoms with Gasteiger partial charge in [0.15, 0.2) is 0 Å². The molecule has 0 saturated heterocycles. The molecule has 0 spiro atoms. The monoisotopic (exact) mass is 318 g/mol. The summed E-state index contributed by atoms with van der Waals surface area (Å²) in [4.78, 5) is 0. The minimum Gasteiger partial charge on any atom is -0.0622 e. The Hall–Kier alpha value is -3.12. The smallest absolute Gasteiger partial charge is 0.00135 e. The van der Waals surface area contributed by atoms with Crippen LogP contribution in [-0.4, -0.2) is 0 Å². The second-order valence-corrected chi connectivity index (χ2v) is 6.65. The second-order valence-electron chi connectivity index (χ2n) is 6.65. The Labute approximate surface area is 148 Å². The third-order valence-corrected chi connectivity index (χ3v) is 5.10. The molecule has 0 heteroatoms. The van der Waals surface area contributed by atoms with Crippen molar-refractivity contribution >= 4 is 22.4 Å². The molecule has 0 bridgehead atoms. The van der Waals surface area contributed by atoms with Crippen LogP contribution in [0.3, 0.4) is 0 Å². The molecule has 4 aromatic carbocycles. The van der Waals surface area contributed by atoms with Gasteiger partial charge >= 0.3 is 0 Å². The second kappa shape index (κ2) is 5.75. The summed E-state index contributed by atoms with van der Waals surface area (Å²) in [5.74, 6) is 0. The van der Waals surface area contributed by atoms with Gasteiger partial charge in [-0.15, -0.1) is 0 Å². The van der Waals surface area contributed by atoms with Crippen molar-refractivity contribution in [2.75, 3.05) is 0 Å². The molecule has 1 aliphatic carbocycles. The maximum absolute atomic E-state index is 2.37. The normalized spacial score (nSPS) is 12.9. The van der Waals surface area contributed by atoms with Crippen LogP contribution >= 0.6 is 0 Å². The molecule has 1 aliphatic rings. The molecule has 0 heterocycles. The van der Waals surface area contributed by atoms with E-state index in [0.717, 1.165) is 6.42 Å². The lowest BCUT2D eigenvalue weighted by Gasteiger charge is -2.09. The van der Waals surface area contributed by atoms with E-state index in [0.29, 0.717) is 0 Å². The summed E-state index contributed by atoms with van der Waals surface area (Å²) >= 11 is 0. The Kier molecular flexibility index (Phi) is 3.28. The fraction of sp³-hybridized carbons (Fsp3) is 0.0400. The van der Waals surface area contributed by atoms with E-state index in [-0.39, 0.29) is 0 Å². The topological polar surface area (TPSA) is 0 Å². The highest BCUT2D eigenvalue weighted by Gasteiger charge is 2.17. The highest BCUT2D eigenvalue weighted by Crippen LogP contribution is 2.38. The summed E-state index contributed by atoms with van der Waals surface area (Å²) in [7, 11) is 0. The highest BCUT2D eigenvalue weighted by atomic mass is 14.2. The summed E-state index contributed by atoms with van der Waals surface area (Å²) in [6.07, 6.45) is 3.38. The third kappa shape index (κ3) is 2.47. The molecule has 0 nitrogen and oxygen atoms in total. The van der Waals surface area contributed by atoms with Crippen LogP contribution < -0.4 is 0 Å². The molecule has 0 amide bonds. The predicted molar refractivity (Wildman–Crippen MR) is 107 cm³/mol. The zero-order valence-electron chi connectivity index (χ0n) is 13.9. The zero-order valence-corrected chi connectivity index (χ0v) is 13.9. The van der Waals surface area contributed by atoms with E-state index in [4.69, 9.17) is 0 Å². The minimum atomic E-state index is 1.01. The number of allylic oxidation sites excluding steroid dienone is 1. The van der Waals surface area contributed by atoms with Crippen LogP contribution in [0.5, 0.6) is 0 Å². The first-order chi connectivity index (χ1) is 12.4. The van der Waals surface area contributed by atoms with Crippen molar-refractivity contribution < 1.29 is 0 Å². The Morgan fingerprint density at radius 3 is 2.24 bits per heavy atom. The lowest BCUT2D eigenvalue weighted by atomic mass is 9.95. The summed E-state index contributed by atoms with van der Waals surface area (Å²) in [6, 6.07) is 32.7. The van der Waals surface area contributed by atoms with Gasteiger partial charge in [0.05, 0.1) is 0 Å². The molecule has 4 aromatic rings. The van der Waals surface area contributed by atoms with Gasteiger partial charge in [-0.1, -0.05) is 84.9 Å². The minimum absolute atomic E-state index is 1.01. The molecule has 0 N–H and O–H groups in total. The molecule has 25 heavy (non-hydrogen) atoms. The van der Waals surface area contributed by atoms with E-state index in [1.165, 1.54) is 44.2 Å². The number of fused-ring (bicyclic) bond motifs is 2. The van der Waals surface area contributed by atoms with Gasteiger partial charge in [0.1, 0.15) is 0 Å². The molecule has 0 radical (unpaired) electrons. The lowest BCUT2D eigenvalue weighted by molar-refractivity contribution is 1.32. The summed E-state index contributed by atoms with van der Waals surface area (Å²) in [6.45, 7) is 0. The molecular weight excluding hydrogens is 300 g/mol. The first kappa shape index (κ1) is 14.2. The molecule has 0 unspecified atom stereocenters. The maximum atomic E-state index is 2.37. The van der Waals surface area contributed by atoms with Gasteiger partial charge in [-0.3, -0.25) is 0 Å². The van der Waals surface area contributed by atoms with Gasteiger partial charge in [0.2, 0.25) is 0 Å². The largest absolute Gasteiger partial charge is 0.0622 e. The van der Waals surface area contributed by atoms with Crippen molar-refractivity contribution in [1.29, 1.82) is 0 Å². The summed E-state index contributed by atoms with van der Waals surface area (Å²) in [5.41, 5.74) is 8.14. The fourth-order valence-electron chi connectivity index (χ4n) is 3.81. The molecule has 0 fully saturated rings. The number of benzene rings is 4. The van der Waals surface area contributed by atoms with E-state index in [1.807, 2.05) is 0 Å². The van der Waals surface area contributed by atoms with Crippen LogP contribution in [0.1, 0.15) is 16.7 Å². The predicted octanol–water partition coefficient (Wildman–Crippen LogP) is 6.60. The van der Waals surface area contributed by atoms with E-state index < -0.39 is 0 Å². The van der Waals surface area contributed by atoms with Crippen LogP contribution in [0, 0.1) is 0 Å². The van der Waals surface area contributed by atoms with Crippen LogP contribution in [0.15, 0.2) is 91.0 Å². The molecule has 118 valence electrons. The Morgan fingerprint density at radius 2 is 1.36 bits per heavy atom. The van der Waals surface area contributed by atoms with Crippen molar-refractivity contribution in [1.82, 2.24) is 0 Å². The quantitative estimate of drug-likeness (QED) is 0.390. The maximum Gasteiger partial charge on any atom is -0.00135 e. The van der Waals surface area contributed by atoms with Crippen molar-refractivity contribution in [2.24, 2.45) is 0 Å². The Balaban J connectivity index is 1.64. The number of rotatable bonds is 2. The van der Waals surface area contributed by atoms with Gasteiger partial charge in [-0.25, -0.2) is 0 Å². The standard InChI is InChI=1S/C25H18/c1-2-7-18(8-3-1)23-16-21-11-6-12-24(25(21)17-23)22-14-13-19-9-4-5-10-20(19)15-22/h1-15,17H,16H2. The van der Waals surface area contributed by atoms with E-state index in [1.54, 1.807) is 0 Å². The molecule has 5 rings (SSSR count). The summed E-state index contributed by atoms with van der Waals surface area (Å²) in [5, 5.41) is 2.59. The summed E-state index contributed by atoms with van der Waals surface area (Å²) < 4.78 is 0. The third-order valence-electron chi connectivity index (χ3n) is 5.10. The Bertz CT molecular complexity index is 1100. The van der Waals surface area contributed by atoms with Gasteiger partial charge < -0.3 is 0 Å². The molecular formula is C25H18. The molecule has 0 saturated carbocycles. The molecule has 0 aromatic heterocycles. The average molecular weight is 318 g/mol. The van der Waals surface area contributed by atoms with Crippen LogP contribution in [-0.2, 0) is 6.42 Å². The van der Waals surface area contributed by atoms with E-state index in [2.05, 4.69) is 97.1 Å². The zero-order chi connectivity index (χ0) is 16.6. The Morgan fingerprint density at radius 1 is 0.560 bits per heavy atom. The van der Waals surface area contributed by atoms with Gasteiger partial charge in [0, 0.05) is 0 Å². The lowest BCUT2D eigenvalue weighted by Crippen LogP contribution is -1.88. The van der Waals surface area contributed by atoms with Crippen molar-refractivity contribution in [2.45, 2.75) is 6.42 Å². The highest BCUT2D eigenvalue weighted by molar-refractivity contribution is 5.95. The first-order valence-electron chi connectivity index (χ1n) is 8.75. The van der Waals surface area contributed by atoms with Crippen molar-refractivity contribution in [3.05, 3.63) is 108 Å². The number of hydrogen-bond acceptors (Lipinski definition) is 0. The SMILES string of the molecule is C1=C(c2ccccc2)Cc2cccc(-c3ccc4ccccc4c3)c21. The van der Waals surface area contributed by atoms with E-state index >= 15 is 0 Å². The number of hydrogen-bond donors (Lipinski definition) is 0. The average Bonchev–Trinajstić information content (AvgIpc) is 3.13. The van der Waals surface area contributed by atoms with Crippen LogP contribution in [0.4, 0.5) is 0 Å². The van der Waals surface area contributed by atoms with Crippen molar-refractivity contribution in [3.8, 4) is 11.1 Å². The van der Waals surface area contributed by atoms with Gasteiger partial charge in [0.25, 0.3) is 0 Å². The molecule has 0 atom stereocenters. The van der Waals surface area contributed by atoms with Gasteiger partial charge in [-0.05, 0) is 62.7 Å². The van der Waals surface area contributed by atoms with E-state index in [9.17, 15) is 0 Å². The van der Waals surface area contributed by atoms with Gasteiger partial charge in [-0.2, -0.15) is 0 Å². The molecule has 0 aliphatic heterocycles. The van der Waals surface area contributed by atoms with Crippen molar-refractivity contribution in [3.63, 3.8) is 0 Å². The van der Waals surface area contributed by atoms with Crippen LogP contribution in [0.25, 0.3) is 33.5 Å². The first-order valence-corrected chi connectivity index (χ1v) is 8.75. The fourth-order valence-corrected chi connectivity index (χ4v) is 3.81.